The lowest BCUT2D eigenvalue weighted by atomic mass is 9.94. The molecule has 1 N–H and O–H groups in total. The van der Waals surface area contributed by atoms with Crippen molar-refractivity contribution in [3.05, 3.63) is 105 Å². The lowest BCUT2D eigenvalue weighted by molar-refractivity contribution is -0.384. The van der Waals surface area contributed by atoms with Crippen molar-refractivity contribution in [3.63, 3.8) is 0 Å². The normalized spacial score (nSPS) is 16.6. The summed E-state index contributed by atoms with van der Waals surface area (Å²) in [6, 6.07) is 17.0. The first-order valence-electron chi connectivity index (χ1n) is 11.6. The van der Waals surface area contributed by atoms with E-state index in [1.165, 1.54) is 43.4 Å². The summed E-state index contributed by atoms with van der Waals surface area (Å²) in [6.45, 7) is 2.06. The molecule has 0 radical (unpaired) electrons. The molecular formula is C28H26N2O7. The minimum Gasteiger partial charge on any atom is -0.507 e. The number of likely N-dealkylation sites (tertiary alicyclic amines) is 1. The topological polar surface area (TPSA) is 119 Å². The van der Waals surface area contributed by atoms with E-state index in [0.29, 0.717) is 29.0 Å². The maximum absolute atomic E-state index is 13.2. The van der Waals surface area contributed by atoms with Gasteiger partial charge in [0.15, 0.2) is 11.5 Å². The van der Waals surface area contributed by atoms with Crippen LogP contribution in [0.5, 0.6) is 11.5 Å². The van der Waals surface area contributed by atoms with Crippen molar-refractivity contribution in [1.82, 2.24) is 4.90 Å². The van der Waals surface area contributed by atoms with E-state index in [0.717, 1.165) is 11.1 Å². The second-order valence-electron chi connectivity index (χ2n) is 8.65. The summed E-state index contributed by atoms with van der Waals surface area (Å²) in [5, 5.41) is 22.3. The van der Waals surface area contributed by atoms with Gasteiger partial charge in [-0.3, -0.25) is 19.7 Å². The summed E-state index contributed by atoms with van der Waals surface area (Å²) >= 11 is 0. The summed E-state index contributed by atoms with van der Waals surface area (Å²) in [5.74, 6) is -0.759. The molecule has 0 aliphatic carbocycles. The molecule has 0 spiro atoms. The Bertz CT molecular complexity index is 1380. The van der Waals surface area contributed by atoms with E-state index in [2.05, 4.69) is 0 Å². The predicted octanol–water partition coefficient (Wildman–Crippen LogP) is 4.58. The lowest BCUT2D eigenvalue weighted by Gasteiger charge is -2.25. The van der Waals surface area contributed by atoms with Crippen LogP contribution in [0, 0.1) is 17.0 Å². The highest BCUT2D eigenvalue weighted by Gasteiger charge is 2.46. The van der Waals surface area contributed by atoms with Gasteiger partial charge in [0, 0.05) is 24.2 Å². The van der Waals surface area contributed by atoms with Crippen molar-refractivity contribution in [2.45, 2.75) is 19.4 Å². The number of hydrogen-bond donors (Lipinski definition) is 1. The highest BCUT2D eigenvalue weighted by Crippen LogP contribution is 2.40. The number of methoxy groups -OCH3 is 2. The zero-order valence-corrected chi connectivity index (χ0v) is 20.6. The van der Waals surface area contributed by atoms with E-state index >= 15 is 0 Å². The first-order valence-corrected chi connectivity index (χ1v) is 11.6. The fourth-order valence-electron chi connectivity index (χ4n) is 4.39. The summed E-state index contributed by atoms with van der Waals surface area (Å²) in [4.78, 5) is 38.4. The molecule has 3 aromatic rings. The highest BCUT2D eigenvalue weighted by molar-refractivity contribution is 6.46. The highest BCUT2D eigenvalue weighted by atomic mass is 16.6. The quantitative estimate of drug-likeness (QED) is 0.157. The molecule has 9 nitrogen and oxygen atoms in total. The second kappa shape index (κ2) is 10.5. The molecule has 1 amide bonds. The number of hydrogen-bond acceptors (Lipinski definition) is 7. The molecular weight excluding hydrogens is 476 g/mol. The van der Waals surface area contributed by atoms with Crippen LogP contribution in [-0.4, -0.2) is 47.4 Å². The van der Waals surface area contributed by atoms with Crippen LogP contribution in [0.4, 0.5) is 5.69 Å². The van der Waals surface area contributed by atoms with Crippen molar-refractivity contribution < 1.29 is 29.1 Å². The van der Waals surface area contributed by atoms with Gasteiger partial charge in [0.05, 0.1) is 30.8 Å². The SMILES string of the molecule is COc1ccc(CCN2C(=O)C(=O)/C(=C(\O)c3ccc(C)cc3)C2c2ccc([N+](=O)[O-])cc2)cc1OC. The number of ether oxygens (including phenoxy) is 2. The molecule has 1 heterocycles. The van der Waals surface area contributed by atoms with Crippen LogP contribution in [-0.2, 0) is 16.0 Å². The van der Waals surface area contributed by atoms with Gasteiger partial charge in [-0.05, 0) is 48.7 Å². The van der Waals surface area contributed by atoms with Gasteiger partial charge in [-0.2, -0.15) is 0 Å². The third-order valence-corrected chi connectivity index (χ3v) is 6.37. The van der Waals surface area contributed by atoms with Gasteiger partial charge in [-0.15, -0.1) is 0 Å². The smallest absolute Gasteiger partial charge is 0.295 e. The fraction of sp³-hybridized carbons (Fsp3) is 0.214. The van der Waals surface area contributed by atoms with Crippen molar-refractivity contribution in [2.75, 3.05) is 20.8 Å². The number of carbonyl (C=O) groups excluding carboxylic acids is 2. The molecule has 0 bridgehead atoms. The summed E-state index contributed by atoms with van der Waals surface area (Å²) in [7, 11) is 3.06. The third kappa shape index (κ3) is 5.02. The third-order valence-electron chi connectivity index (χ3n) is 6.37. The maximum Gasteiger partial charge on any atom is 0.295 e. The van der Waals surface area contributed by atoms with Crippen molar-refractivity contribution in [3.8, 4) is 11.5 Å². The molecule has 1 atom stereocenters. The van der Waals surface area contributed by atoms with E-state index in [-0.39, 0.29) is 23.6 Å². The fourth-order valence-corrected chi connectivity index (χ4v) is 4.39. The molecule has 1 unspecified atom stereocenters. The van der Waals surface area contributed by atoms with Crippen molar-refractivity contribution in [2.24, 2.45) is 0 Å². The number of aliphatic hydroxyl groups excluding tert-OH is 1. The van der Waals surface area contributed by atoms with E-state index in [1.807, 2.05) is 13.0 Å². The molecule has 0 aromatic heterocycles. The molecule has 1 saturated heterocycles. The van der Waals surface area contributed by atoms with Crippen LogP contribution in [0.25, 0.3) is 5.76 Å². The minimum absolute atomic E-state index is 0.0602. The minimum atomic E-state index is -0.915. The number of nitrogens with zero attached hydrogens (tertiary/aromatic N) is 2. The van der Waals surface area contributed by atoms with Crippen LogP contribution in [0.15, 0.2) is 72.3 Å². The average Bonchev–Trinajstić information content (AvgIpc) is 3.16. The van der Waals surface area contributed by atoms with Crippen LogP contribution in [0.1, 0.15) is 28.3 Å². The Morgan fingerprint density at radius 3 is 2.22 bits per heavy atom. The first-order chi connectivity index (χ1) is 17.7. The number of carbonyl (C=O) groups is 2. The number of Topliss-reactive ketones (excluding diaryl/α,β-unsaturated/α-hetero) is 1. The molecule has 1 fully saturated rings. The van der Waals surface area contributed by atoms with Crippen LogP contribution in [0.2, 0.25) is 0 Å². The van der Waals surface area contributed by atoms with Crippen LogP contribution < -0.4 is 9.47 Å². The molecule has 1 aliphatic heterocycles. The van der Waals surface area contributed by atoms with Gasteiger partial charge < -0.3 is 19.5 Å². The molecule has 1 aliphatic rings. The Kier molecular flexibility index (Phi) is 7.24. The maximum atomic E-state index is 13.2. The largest absolute Gasteiger partial charge is 0.507 e. The summed E-state index contributed by atoms with van der Waals surface area (Å²) < 4.78 is 10.6. The molecule has 4 rings (SSSR count). The number of benzene rings is 3. The Morgan fingerprint density at radius 2 is 1.62 bits per heavy atom. The van der Waals surface area contributed by atoms with Crippen molar-refractivity contribution >= 4 is 23.1 Å². The zero-order chi connectivity index (χ0) is 26.7. The summed E-state index contributed by atoms with van der Waals surface area (Å²) in [6.07, 6.45) is 0.390. The Balaban J connectivity index is 1.75. The standard InChI is InChI=1S/C28H26N2O7/c1-17-4-7-20(8-5-17)26(31)24-25(19-9-11-21(12-10-19)30(34)35)29(28(33)27(24)32)15-14-18-6-13-22(36-2)23(16-18)37-3/h4-13,16,25,31H,14-15H2,1-3H3/b26-24-. The van der Waals surface area contributed by atoms with Gasteiger partial charge in [0.2, 0.25) is 0 Å². The van der Waals surface area contributed by atoms with Crippen LogP contribution >= 0.6 is 0 Å². The Labute approximate surface area is 213 Å². The average molecular weight is 503 g/mol. The number of nitro groups is 1. The van der Waals surface area contributed by atoms with E-state index in [4.69, 9.17) is 9.47 Å². The van der Waals surface area contributed by atoms with Gasteiger partial charge in [-0.25, -0.2) is 0 Å². The lowest BCUT2D eigenvalue weighted by Crippen LogP contribution is -2.31. The van der Waals surface area contributed by atoms with Crippen molar-refractivity contribution in [1.29, 1.82) is 0 Å². The Hall–Kier alpha value is -4.66. The van der Waals surface area contributed by atoms with Gasteiger partial charge >= 0.3 is 0 Å². The molecule has 190 valence electrons. The number of rotatable bonds is 8. The Morgan fingerprint density at radius 1 is 0.973 bits per heavy atom. The van der Waals surface area contributed by atoms with Gasteiger partial charge in [-0.1, -0.05) is 35.9 Å². The predicted molar refractivity (Wildman–Crippen MR) is 137 cm³/mol. The molecule has 37 heavy (non-hydrogen) atoms. The number of nitro benzene ring substituents is 1. The van der Waals surface area contributed by atoms with Gasteiger partial charge in [0.25, 0.3) is 17.4 Å². The van der Waals surface area contributed by atoms with E-state index < -0.39 is 22.7 Å². The van der Waals surface area contributed by atoms with E-state index in [9.17, 15) is 24.8 Å². The monoisotopic (exact) mass is 502 g/mol. The number of aryl methyl sites for hydroxylation is 1. The second-order valence-corrected chi connectivity index (χ2v) is 8.65. The number of non-ortho nitro benzene ring substituents is 1. The number of ketones is 1. The first kappa shape index (κ1) is 25.4. The zero-order valence-electron chi connectivity index (χ0n) is 20.6. The number of aliphatic hydroxyl groups is 1. The molecule has 3 aromatic carbocycles. The molecule has 0 saturated carbocycles. The van der Waals surface area contributed by atoms with Gasteiger partial charge in [0.1, 0.15) is 5.76 Å². The number of amides is 1. The van der Waals surface area contributed by atoms with E-state index in [1.54, 1.807) is 36.4 Å². The summed E-state index contributed by atoms with van der Waals surface area (Å²) in [5.41, 5.74) is 2.51. The molecule has 9 heteroatoms. The van der Waals surface area contributed by atoms with Crippen LogP contribution in [0.3, 0.4) is 0 Å².